The molecule has 0 radical (unpaired) electrons. The van der Waals surface area contributed by atoms with Crippen molar-refractivity contribution in [2.45, 2.75) is 25.4 Å². The minimum absolute atomic E-state index is 0. The van der Waals surface area contributed by atoms with Crippen LogP contribution in [0.2, 0.25) is 0 Å². The Morgan fingerprint density at radius 2 is 1.96 bits per heavy atom. The van der Waals surface area contributed by atoms with E-state index < -0.39 is 0 Å². The van der Waals surface area contributed by atoms with Crippen molar-refractivity contribution in [1.29, 1.82) is 0 Å². The number of rotatable bonds is 5. The van der Waals surface area contributed by atoms with Gasteiger partial charge in [-0.3, -0.25) is 9.69 Å². The van der Waals surface area contributed by atoms with Crippen LogP contribution in [0.4, 0.5) is 0 Å². The van der Waals surface area contributed by atoms with Gasteiger partial charge in [-0.1, -0.05) is 18.2 Å². The molecule has 1 fully saturated rings. The summed E-state index contributed by atoms with van der Waals surface area (Å²) in [7, 11) is 2.04. The van der Waals surface area contributed by atoms with E-state index in [0.29, 0.717) is 19.1 Å². The lowest BCUT2D eigenvalue weighted by Gasteiger charge is -2.31. The molecule has 3 N–H and O–H groups in total. The smallest absolute Gasteiger partial charge is 0.234 e. The molecule has 1 aromatic heterocycles. The van der Waals surface area contributed by atoms with Gasteiger partial charge in [0.05, 0.1) is 13.1 Å². The van der Waals surface area contributed by atoms with Gasteiger partial charge in [-0.2, -0.15) is 0 Å². The van der Waals surface area contributed by atoms with E-state index in [0.717, 1.165) is 37.1 Å². The third-order valence-corrected chi connectivity index (χ3v) is 4.39. The number of aromatic amines is 1. The SMILES string of the molecule is CN(CC(=O)NCc1cc2ccccc2[nH]1)C1CCNCC1.Cl.Cl. The number of fused-ring (bicyclic) bond motifs is 1. The number of benzene rings is 1. The van der Waals surface area contributed by atoms with Gasteiger partial charge in [0.15, 0.2) is 0 Å². The van der Waals surface area contributed by atoms with E-state index in [1.807, 2.05) is 25.2 Å². The van der Waals surface area contributed by atoms with E-state index in [1.165, 1.54) is 5.39 Å². The normalized spacial score (nSPS) is 14.9. The maximum absolute atomic E-state index is 12.1. The first-order valence-electron chi connectivity index (χ1n) is 7.96. The van der Waals surface area contributed by atoms with Crippen LogP contribution in [0.5, 0.6) is 0 Å². The fraction of sp³-hybridized carbons (Fsp3) is 0.471. The number of nitrogens with one attached hydrogen (secondary N) is 3. The zero-order valence-corrected chi connectivity index (χ0v) is 15.5. The molecular weight excluding hydrogens is 347 g/mol. The summed E-state index contributed by atoms with van der Waals surface area (Å²) in [6, 6.07) is 10.8. The Morgan fingerprint density at radius 3 is 2.67 bits per heavy atom. The van der Waals surface area contributed by atoms with Crippen molar-refractivity contribution in [3.05, 3.63) is 36.0 Å². The van der Waals surface area contributed by atoms with Gasteiger partial charge in [0, 0.05) is 17.3 Å². The maximum Gasteiger partial charge on any atom is 0.234 e. The van der Waals surface area contributed by atoms with Crippen LogP contribution in [-0.4, -0.2) is 48.5 Å². The Balaban J connectivity index is 0.00000144. The number of amides is 1. The molecule has 134 valence electrons. The van der Waals surface area contributed by atoms with Crippen molar-refractivity contribution in [3.8, 4) is 0 Å². The molecule has 0 unspecified atom stereocenters. The summed E-state index contributed by atoms with van der Waals surface area (Å²) in [6.07, 6.45) is 2.23. The Bertz CT molecular complexity index is 607. The van der Waals surface area contributed by atoms with Gasteiger partial charge in [-0.05, 0) is 50.5 Å². The Kier molecular flexibility index (Phi) is 8.56. The van der Waals surface area contributed by atoms with Crippen molar-refractivity contribution in [3.63, 3.8) is 0 Å². The molecule has 1 aliphatic heterocycles. The average molecular weight is 373 g/mol. The first kappa shape index (κ1) is 20.8. The third-order valence-electron chi connectivity index (χ3n) is 4.39. The number of para-hydroxylation sites is 1. The largest absolute Gasteiger partial charge is 0.357 e. The highest BCUT2D eigenvalue weighted by Gasteiger charge is 2.19. The molecule has 0 atom stereocenters. The summed E-state index contributed by atoms with van der Waals surface area (Å²) in [5, 5.41) is 7.53. The lowest BCUT2D eigenvalue weighted by atomic mass is 10.1. The quantitative estimate of drug-likeness (QED) is 0.754. The highest BCUT2D eigenvalue weighted by molar-refractivity contribution is 5.85. The van der Waals surface area contributed by atoms with Crippen LogP contribution in [0.15, 0.2) is 30.3 Å². The molecule has 1 saturated heterocycles. The summed E-state index contributed by atoms with van der Waals surface area (Å²) in [4.78, 5) is 17.6. The summed E-state index contributed by atoms with van der Waals surface area (Å²) < 4.78 is 0. The predicted molar refractivity (Wildman–Crippen MR) is 103 cm³/mol. The molecule has 0 spiro atoms. The topological polar surface area (TPSA) is 60.2 Å². The maximum atomic E-state index is 12.1. The number of carbonyl (C=O) groups excluding carboxylic acids is 1. The standard InChI is InChI=1S/C17H24N4O.2ClH/c1-21(15-6-8-18-9-7-15)12-17(22)19-11-14-10-13-4-2-3-5-16(13)20-14;;/h2-5,10,15,18,20H,6-9,11-12H2,1H3,(H,19,22);2*1H. The Labute approximate surface area is 155 Å². The monoisotopic (exact) mass is 372 g/mol. The van der Waals surface area contributed by atoms with Crippen LogP contribution in [0.3, 0.4) is 0 Å². The lowest BCUT2D eigenvalue weighted by molar-refractivity contribution is -0.122. The van der Waals surface area contributed by atoms with Crippen LogP contribution in [0, 0.1) is 0 Å². The van der Waals surface area contributed by atoms with E-state index in [-0.39, 0.29) is 30.7 Å². The average Bonchev–Trinajstić information content (AvgIpc) is 2.96. The second kappa shape index (κ2) is 9.89. The summed E-state index contributed by atoms with van der Waals surface area (Å²) in [5.41, 5.74) is 2.15. The number of hydrogen-bond acceptors (Lipinski definition) is 3. The molecule has 1 aromatic carbocycles. The summed E-state index contributed by atoms with van der Waals surface area (Å²) in [5.74, 6) is 0.0830. The number of aromatic nitrogens is 1. The third kappa shape index (κ3) is 5.38. The number of carbonyl (C=O) groups is 1. The molecule has 2 heterocycles. The molecule has 3 rings (SSSR count). The Hall–Kier alpha value is -1.27. The molecule has 0 bridgehead atoms. The van der Waals surface area contributed by atoms with Gasteiger partial charge in [-0.25, -0.2) is 0 Å². The first-order valence-corrected chi connectivity index (χ1v) is 7.96. The number of H-pyrrole nitrogens is 1. The minimum atomic E-state index is 0. The molecule has 24 heavy (non-hydrogen) atoms. The second-order valence-electron chi connectivity index (χ2n) is 6.05. The number of piperidine rings is 1. The van der Waals surface area contributed by atoms with Crippen molar-refractivity contribution in [2.75, 3.05) is 26.7 Å². The minimum Gasteiger partial charge on any atom is -0.357 e. The van der Waals surface area contributed by atoms with E-state index in [2.05, 4.69) is 32.7 Å². The number of hydrogen-bond donors (Lipinski definition) is 3. The van der Waals surface area contributed by atoms with Crippen LogP contribution < -0.4 is 10.6 Å². The van der Waals surface area contributed by atoms with Crippen molar-refractivity contribution in [1.82, 2.24) is 20.5 Å². The molecule has 7 heteroatoms. The van der Waals surface area contributed by atoms with Gasteiger partial charge in [0.25, 0.3) is 0 Å². The van der Waals surface area contributed by atoms with Gasteiger partial charge in [0.2, 0.25) is 5.91 Å². The van der Waals surface area contributed by atoms with E-state index in [9.17, 15) is 4.79 Å². The van der Waals surface area contributed by atoms with E-state index in [1.54, 1.807) is 0 Å². The molecule has 1 amide bonds. The highest BCUT2D eigenvalue weighted by Crippen LogP contribution is 2.14. The van der Waals surface area contributed by atoms with Crippen LogP contribution in [0.25, 0.3) is 10.9 Å². The van der Waals surface area contributed by atoms with Gasteiger partial charge in [0.1, 0.15) is 0 Å². The predicted octanol–water partition coefficient (Wildman–Crippen LogP) is 2.31. The fourth-order valence-corrected chi connectivity index (χ4v) is 3.08. The zero-order valence-electron chi connectivity index (χ0n) is 13.9. The Morgan fingerprint density at radius 1 is 1.25 bits per heavy atom. The molecular formula is C17H26Cl2N4O. The van der Waals surface area contributed by atoms with Gasteiger partial charge < -0.3 is 15.6 Å². The van der Waals surface area contributed by atoms with Crippen molar-refractivity contribution < 1.29 is 4.79 Å². The number of nitrogens with zero attached hydrogens (tertiary/aromatic N) is 1. The van der Waals surface area contributed by atoms with E-state index in [4.69, 9.17) is 0 Å². The molecule has 5 nitrogen and oxygen atoms in total. The number of likely N-dealkylation sites (N-methyl/N-ethyl adjacent to an activating group) is 1. The molecule has 0 aliphatic carbocycles. The molecule has 0 saturated carbocycles. The van der Waals surface area contributed by atoms with Crippen molar-refractivity contribution in [2.24, 2.45) is 0 Å². The van der Waals surface area contributed by atoms with Crippen LogP contribution in [0.1, 0.15) is 18.5 Å². The molecule has 2 aromatic rings. The fourth-order valence-electron chi connectivity index (χ4n) is 3.08. The zero-order chi connectivity index (χ0) is 15.4. The summed E-state index contributed by atoms with van der Waals surface area (Å²) >= 11 is 0. The van der Waals surface area contributed by atoms with Gasteiger partial charge in [-0.15, -0.1) is 24.8 Å². The van der Waals surface area contributed by atoms with Crippen LogP contribution in [-0.2, 0) is 11.3 Å². The van der Waals surface area contributed by atoms with Crippen LogP contribution >= 0.6 is 24.8 Å². The van der Waals surface area contributed by atoms with Gasteiger partial charge >= 0.3 is 0 Å². The summed E-state index contributed by atoms with van der Waals surface area (Å²) in [6.45, 7) is 3.11. The van der Waals surface area contributed by atoms with Crippen molar-refractivity contribution >= 4 is 41.6 Å². The molecule has 1 aliphatic rings. The second-order valence-corrected chi connectivity index (χ2v) is 6.05. The highest BCUT2D eigenvalue weighted by atomic mass is 35.5. The first-order chi connectivity index (χ1) is 10.7. The number of halogens is 2. The lowest BCUT2D eigenvalue weighted by Crippen LogP contribution is -2.45. The van der Waals surface area contributed by atoms with E-state index >= 15 is 0 Å².